The van der Waals surface area contributed by atoms with Gasteiger partial charge in [-0.2, -0.15) is 23.1 Å². The van der Waals surface area contributed by atoms with Crippen LogP contribution < -0.4 is 20.7 Å². The first-order valence-corrected chi connectivity index (χ1v) is 18.9. The van der Waals surface area contributed by atoms with E-state index in [0.29, 0.717) is 31.9 Å². The van der Waals surface area contributed by atoms with Crippen molar-refractivity contribution in [3.8, 4) is 17.3 Å². The molecule has 296 valence electrons. The van der Waals surface area contributed by atoms with Gasteiger partial charge in [0, 0.05) is 56.4 Å². The lowest BCUT2D eigenvalue weighted by Gasteiger charge is -2.40. The van der Waals surface area contributed by atoms with E-state index in [2.05, 4.69) is 31.7 Å². The van der Waals surface area contributed by atoms with Gasteiger partial charge in [-0.25, -0.2) is 9.37 Å². The molecular weight excluding hydrogens is 750 g/mol. The maximum Gasteiger partial charge on any atom is 0.418 e. The van der Waals surface area contributed by atoms with E-state index < -0.39 is 28.8 Å². The molecule has 0 radical (unpaired) electrons. The van der Waals surface area contributed by atoms with E-state index in [1.54, 1.807) is 17.2 Å². The number of piperazine rings is 1. The Hall–Kier alpha value is -4.86. The molecule has 3 saturated heterocycles. The van der Waals surface area contributed by atoms with Crippen LogP contribution in [0.3, 0.4) is 0 Å². The first-order chi connectivity index (χ1) is 26.6. The van der Waals surface area contributed by atoms with Crippen LogP contribution in [0.4, 0.5) is 29.2 Å². The number of nitrogen functional groups attached to an aromatic ring is 1. The van der Waals surface area contributed by atoms with Crippen molar-refractivity contribution in [2.45, 2.75) is 64.3 Å². The van der Waals surface area contributed by atoms with E-state index in [9.17, 15) is 18.0 Å². The number of ether oxygens (including phenoxy) is 1. The van der Waals surface area contributed by atoms with Crippen LogP contribution in [-0.2, 0) is 17.5 Å². The molecule has 56 heavy (non-hydrogen) atoms. The number of fused-ring (bicyclic) bond motifs is 2. The third kappa shape index (κ3) is 7.51. The number of hydrogen-bond donors (Lipinski definition) is 2. The van der Waals surface area contributed by atoms with Gasteiger partial charge in [-0.05, 0) is 94.6 Å². The molecule has 3 fully saturated rings. The molecule has 3 aliphatic heterocycles. The van der Waals surface area contributed by atoms with Crippen molar-refractivity contribution >= 4 is 46.1 Å². The van der Waals surface area contributed by atoms with E-state index in [-0.39, 0.29) is 63.2 Å². The number of carbonyl (C=O) groups excluding carboxylic acids is 1. The van der Waals surface area contributed by atoms with E-state index in [1.165, 1.54) is 19.1 Å². The Balaban J connectivity index is 1.25. The highest BCUT2D eigenvalue weighted by atomic mass is 35.5. The molecule has 3 aromatic heterocycles. The summed E-state index contributed by atoms with van der Waals surface area (Å²) in [6.45, 7) is 12.7. The maximum absolute atomic E-state index is 17.0. The summed E-state index contributed by atoms with van der Waals surface area (Å²) in [4.78, 5) is 37.0. The van der Waals surface area contributed by atoms with E-state index in [1.807, 2.05) is 31.9 Å². The molecular formula is C40H44ClF4N9O2. The van der Waals surface area contributed by atoms with Crippen molar-refractivity contribution < 1.29 is 27.1 Å². The van der Waals surface area contributed by atoms with Gasteiger partial charge in [-0.1, -0.05) is 23.8 Å². The molecule has 6 heterocycles. The predicted molar refractivity (Wildman–Crippen MR) is 209 cm³/mol. The third-order valence-electron chi connectivity index (χ3n) is 11.0. The van der Waals surface area contributed by atoms with Gasteiger partial charge in [0.05, 0.1) is 33.1 Å². The first kappa shape index (κ1) is 39.4. The molecule has 0 unspecified atom stereocenters. The van der Waals surface area contributed by atoms with Crippen LogP contribution >= 0.6 is 11.6 Å². The van der Waals surface area contributed by atoms with Crippen LogP contribution in [0.25, 0.3) is 28.2 Å². The molecule has 16 heteroatoms. The highest BCUT2D eigenvalue weighted by Crippen LogP contribution is 2.45. The number of carbonyl (C=O) groups is 1. The zero-order valence-corrected chi connectivity index (χ0v) is 32.5. The average Bonchev–Trinajstić information content (AvgIpc) is 3.65. The number of pyridine rings is 2. The van der Waals surface area contributed by atoms with Crippen LogP contribution in [0.2, 0.25) is 5.02 Å². The van der Waals surface area contributed by atoms with Crippen LogP contribution in [0.15, 0.2) is 42.6 Å². The molecule has 7 rings (SSSR count). The summed E-state index contributed by atoms with van der Waals surface area (Å²) in [5, 5.41) is 2.98. The molecule has 0 aliphatic carbocycles. The topological polar surface area (TPSA) is 126 Å². The fourth-order valence-corrected chi connectivity index (χ4v) is 8.62. The van der Waals surface area contributed by atoms with Crippen molar-refractivity contribution in [2.24, 2.45) is 0 Å². The lowest BCUT2D eigenvalue weighted by Crippen LogP contribution is -2.53. The number of nitrogens with one attached hydrogen (secondary N) is 1. The molecule has 0 saturated carbocycles. The lowest BCUT2D eigenvalue weighted by molar-refractivity contribution is -0.137. The maximum atomic E-state index is 17.0. The fourth-order valence-electron chi connectivity index (χ4n) is 8.33. The highest BCUT2D eigenvalue weighted by Gasteiger charge is 2.47. The van der Waals surface area contributed by atoms with Crippen molar-refractivity contribution in [2.75, 3.05) is 57.0 Å². The number of anilines is 2. The smallest absolute Gasteiger partial charge is 0.418 e. The summed E-state index contributed by atoms with van der Waals surface area (Å²) >= 11 is 6.69. The summed E-state index contributed by atoms with van der Waals surface area (Å²) < 4.78 is 66.6. The standard InChI is InChI=1S/C40H44ClF4N9O2/c1-22-16-39(9-6-10-53(39)19-22)21-56-38-50-35-28(15-29(41)32(34(35)42)36-33(40(43,44)45)23(2)13-30(46)49-36)37(51-38)54-12-11-52(20-25(54)4)31(55)8-7-27-14-26(18-47-5)24(3)17-48-27/h7-8,13-15,17,25,47H,1,6,9-12,16,18-21H2,2-5H3,(H2,46,49)/b8-7+/t25-,39-/m0/s1. The second kappa shape index (κ2) is 15.2. The largest absolute Gasteiger partial charge is 0.461 e. The number of amides is 1. The Kier molecular flexibility index (Phi) is 10.7. The number of aryl methyl sites for hydroxylation is 2. The van der Waals surface area contributed by atoms with Gasteiger partial charge >= 0.3 is 12.2 Å². The summed E-state index contributed by atoms with van der Waals surface area (Å²) in [6.07, 6.45) is 2.67. The van der Waals surface area contributed by atoms with Gasteiger partial charge in [-0.3, -0.25) is 14.7 Å². The minimum Gasteiger partial charge on any atom is -0.461 e. The van der Waals surface area contributed by atoms with Crippen molar-refractivity contribution in [3.05, 3.63) is 81.4 Å². The van der Waals surface area contributed by atoms with Crippen molar-refractivity contribution in [3.63, 3.8) is 0 Å². The second-order valence-electron chi connectivity index (χ2n) is 15.0. The number of hydrogen-bond acceptors (Lipinski definition) is 10. The summed E-state index contributed by atoms with van der Waals surface area (Å²) in [7, 11) is 1.86. The zero-order chi connectivity index (χ0) is 40.1. The number of nitrogens with zero attached hydrogens (tertiary/aromatic N) is 7. The minimum absolute atomic E-state index is 0.136. The normalized spacial score (nSPS) is 20.4. The Morgan fingerprint density at radius 3 is 2.68 bits per heavy atom. The highest BCUT2D eigenvalue weighted by molar-refractivity contribution is 6.34. The van der Waals surface area contributed by atoms with Gasteiger partial charge in [0.15, 0.2) is 5.82 Å². The average molecular weight is 794 g/mol. The Morgan fingerprint density at radius 1 is 1.16 bits per heavy atom. The SMILES string of the molecule is C=C1CN2CCC[C@@]2(COc2nc(N3CCN(C(=O)/C=C/c4cc(CNC)c(C)cn4)C[C@@H]3C)c3cc(Cl)c(-c4nc(N)cc(C)c4C(F)(F)F)c(F)c3n2)C1. The number of halogens is 5. The van der Waals surface area contributed by atoms with Gasteiger partial charge in [0.1, 0.15) is 23.8 Å². The van der Waals surface area contributed by atoms with Crippen LogP contribution in [0, 0.1) is 19.7 Å². The van der Waals surface area contributed by atoms with Crippen molar-refractivity contribution in [1.29, 1.82) is 0 Å². The minimum atomic E-state index is -4.89. The molecule has 3 N–H and O–H groups in total. The lowest BCUT2D eigenvalue weighted by atomic mass is 9.94. The Morgan fingerprint density at radius 2 is 1.95 bits per heavy atom. The fraction of sp³-hybridized carbons (Fsp3) is 0.425. The third-order valence-corrected chi connectivity index (χ3v) is 11.3. The number of alkyl halides is 3. The van der Waals surface area contributed by atoms with Crippen LogP contribution in [0.5, 0.6) is 6.01 Å². The summed E-state index contributed by atoms with van der Waals surface area (Å²) in [5.41, 5.74) is 6.47. The molecule has 4 aromatic rings. The molecule has 2 atom stereocenters. The summed E-state index contributed by atoms with van der Waals surface area (Å²) in [6, 6.07) is 3.91. The number of benzene rings is 1. The van der Waals surface area contributed by atoms with Crippen LogP contribution in [-0.4, -0.2) is 93.6 Å². The molecule has 1 aromatic carbocycles. The van der Waals surface area contributed by atoms with E-state index in [0.717, 1.165) is 55.1 Å². The number of rotatable bonds is 9. The van der Waals surface area contributed by atoms with Crippen molar-refractivity contribution in [1.82, 2.24) is 35.1 Å². The Labute approximate surface area is 327 Å². The molecule has 1 amide bonds. The van der Waals surface area contributed by atoms with E-state index >= 15 is 4.39 Å². The predicted octanol–water partition coefficient (Wildman–Crippen LogP) is 6.74. The molecule has 0 spiro atoms. The number of aromatic nitrogens is 4. The monoisotopic (exact) mass is 793 g/mol. The van der Waals surface area contributed by atoms with Gasteiger partial charge in [0.2, 0.25) is 5.91 Å². The van der Waals surface area contributed by atoms with E-state index in [4.69, 9.17) is 27.1 Å². The quantitative estimate of drug-likeness (QED) is 0.107. The zero-order valence-electron chi connectivity index (χ0n) is 31.7. The molecule has 3 aliphatic rings. The van der Waals surface area contributed by atoms with Gasteiger partial charge < -0.3 is 25.6 Å². The van der Waals surface area contributed by atoms with Crippen LogP contribution in [0.1, 0.15) is 54.1 Å². The van der Waals surface area contributed by atoms with Gasteiger partial charge in [0.25, 0.3) is 0 Å². The number of nitrogens with two attached hydrogens (primary N) is 1. The molecule has 0 bridgehead atoms. The summed E-state index contributed by atoms with van der Waals surface area (Å²) in [5.74, 6) is -1.27. The first-order valence-electron chi connectivity index (χ1n) is 18.5. The van der Waals surface area contributed by atoms with Gasteiger partial charge in [-0.15, -0.1) is 0 Å². The molecule has 11 nitrogen and oxygen atoms in total. The Bertz CT molecular complexity index is 2250. The second-order valence-corrected chi connectivity index (χ2v) is 15.5.